The Morgan fingerprint density at radius 2 is 2.40 bits per heavy atom. The first-order valence-electron chi connectivity index (χ1n) is 7.34. The van der Waals surface area contributed by atoms with Crippen molar-refractivity contribution in [1.82, 2.24) is 10.3 Å². The first-order chi connectivity index (χ1) is 9.70. The maximum Gasteiger partial charge on any atom is 0.147 e. The highest BCUT2D eigenvalue weighted by Gasteiger charge is 2.18. The van der Waals surface area contributed by atoms with Gasteiger partial charge in [0.25, 0.3) is 0 Å². The summed E-state index contributed by atoms with van der Waals surface area (Å²) < 4.78 is 5.52. The molecule has 1 aromatic rings. The normalized spacial score (nSPS) is 19.1. The first-order valence-corrected chi connectivity index (χ1v) is 7.72. The van der Waals surface area contributed by atoms with Gasteiger partial charge in [-0.1, -0.05) is 18.5 Å². The number of nitrogens with one attached hydrogen (secondary N) is 1. The van der Waals surface area contributed by atoms with E-state index in [4.69, 9.17) is 16.3 Å². The predicted molar refractivity (Wildman–Crippen MR) is 83.4 cm³/mol. The van der Waals surface area contributed by atoms with Gasteiger partial charge in [0.2, 0.25) is 0 Å². The zero-order valence-electron chi connectivity index (χ0n) is 12.4. The lowest BCUT2D eigenvalue weighted by atomic mass is 10.0. The molecular weight excluding hydrogens is 274 g/mol. The Morgan fingerprint density at radius 1 is 1.55 bits per heavy atom. The number of nitrogens with zero attached hydrogens (tertiary/aromatic N) is 2. The van der Waals surface area contributed by atoms with E-state index in [-0.39, 0.29) is 0 Å². The molecule has 1 atom stereocenters. The van der Waals surface area contributed by atoms with Crippen molar-refractivity contribution >= 4 is 17.4 Å². The predicted octanol–water partition coefficient (Wildman–Crippen LogP) is 2.71. The Bertz CT molecular complexity index is 422. The number of hydrogen-bond donors (Lipinski definition) is 1. The van der Waals surface area contributed by atoms with E-state index in [1.54, 1.807) is 0 Å². The molecule has 1 N–H and O–H groups in total. The third kappa shape index (κ3) is 4.33. The molecule has 4 nitrogen and oxygen atoms in total. The standard InChI is InChI=1S/C15H24ClN3O/c1-3-17-8-13-7-14(16)15(18-9-13)19(2)10-12-5-4-6-20-11-12/h7,9,12,17H,3-6,8,10-11H2,1-2H3. The van der Waals surface area contributed by atoms with Crippen LogP contribution in [0.5, 0.6) is 0 Å². The Hall–Kier alpha value is -0.840. The fourth-order valence-corrected chi connectivity index (χ4v) is 2.88. The quantitative estimate of drug-likeness (QED) is 0.876. The summed E-state index contributed by atoms with van der Waals surface area (Å²) in [6.45, 7) is 6.53. The second-order valence-corrected chi connectivity index (χ2v) is 5.80. The lowest BCUT2D eigenvalue weighted by Gasteiger charge is -2.28. The van der Waals surface area contributed by atoms with Gasteiger partial charge in [0.05, 0.1) is 11.6 Å². The van der Waals surface area contributed by atoms with Crippen LogP contribution in [0, 0.1) is 5.92 Å². The molecule has 1 aliphatic rings. The van der Waals surface area contributed by atoms with Gasteiger partial charge >= 0.3 is 0 Å². The largest absolute Gasteiger partial charge is 0.381 e. The van der Waals surface area contributed by atoms with Gasteiger partial charge in [-0.15, -0.1) is 0 Å². The molecule has 2 heterocycles. The summed E-state index contributed by atoms with van der Waals surface area (Å²) >= 11 is 6.36. The maximum atomic E-state index is 6.36. The number of aromatic nitrogens is 1. The van der Waals surface area contributed by atoms with Gasteiger partial charge in [-0.05, 0) is 36.9 Å². The van der Waals surface area contributed by atoms with Gasteiger partial charge in [-0.3, -0.25) is 0 Å². The van der Waals surface area contributed by atoms with E-state index in [0.29, 0.717) is 5.92 Å². The van der Waals surface area contributed by atoms with Crippen LogP contribution in [-0.4, -0.2) is 38.3 Å². The Kier molecular flexibility index (Phi) is 6.07. The van der Waals surface area contributed by atoms with E-state index in [2.05, 4.69) is 22.1 Å². The van der Waals surface area contributed by atoms with Gasteiger partial charge < -0.3 is 15.0 Å². The van der Waals surface area contributed by atoms with Gasteiger partial charge in [-0.2, -0.15) is 0 Å². The van der Waals surface area contributed by atoms with Crippen molar-refractivity contribution in [3.63, 3.8) is 0 Å². The van der Waals surface area contributed by atoms with Crippen LogP contribution in [0.3, 0.4) is 0 Å². The fraction of sp³-hybridized carbons (Fsp3) is 0.667. The van der Waals surface area contributed by atoms with Gasteiger partial charge in [0, 0.05) is 32.9 Å². The molecule has 0 radical (unpaired) electrons. The van der Waals surface area contributed by atoms with Crippen LogP contribution in [-0.2, 0) is 11.3 Å². The Labute approximate surface area is 126 Å². The molecule has 1 fully saturated rings. The maximum absolute atomic E-state index is 6.36. The summed E-state index contributed by atoms with van der Waals surface area (Å²) in [4.78, 5) is 6.65. The lowest BCUT2D eigenvalue weighted by molar-refractivity contribution is 0.0576. The molecule has 20 heavy (non-hydrogen) atoms. The lowest BCUT2D eigenvalue weighted by Crippen LogP contribution is -2.31. The molecular formula is C15H24ClN3O. The third-order valence-corrected chi connectivity index (χ3v) is 3.88. The van der Waals surface area contributed by atoms with Crippen molar-refractivity contribution in [3.8, 4) is 0 Å². The van der Waals surface area contributed by atoms with Crippen LogP contribution in [0.25, 0.3) is 0 Å². The fourth-order valence-electron chi connectivity index (χ4n) is 2.54. The summed E-state index contributed by atoms with van der Waals surface area (Å²) in [5, 5.41) is 4.00. The Morgan fingerprint density at radius 3 is 3.05 bits per heavy atom. The van der Waals surface area contributed by atoms with Crippen LogP contribution in [0.1, 0.15) is 25.3 Å². The second kappa shape index (κ2) is 7.81. The first kappa shape index (κ1) is 15.5. The number of pyridine rings is 1. The number of anilines is 1. The zero-order valence-corrected chi connectivity index (χ0v) is 13.1. The van der Waals surface area contributed by atoms with Gasteiger partial charge in [-0.25, -0.2) is 4.98 Å². The number of ether oxygens (including phenoxy) is 1. The third-order valence-electron chi connectivity index (χ3n) is 3.61. The molecule has 5 heteroatoms. The van der Waals surface area contributed by atoms with E-state index in [0.717, 1.165) is 55.7 Å². The van der Waals surface area contributed by atoms with Crippen molar-refractivity contribution in [3.05, 3.63) is 22.8 Å². The highest BCUT2D eigenvalue weighted by atomic mass is 35.5. The monoisotopic (exact) mass is 297 g/mol. The molecule has 0 aromatic carbocycles. The van der Waals surface area contributed by atoms with Crippen LogP contribution >= 0.6 is 11.6 Å². The molecule has 1 unspecified atom stereocenters. The van der Waals surface area contributed by atoms with E-state index >= 15 is 0 Å². The summed E-state index contributed by atoms with van der Waals surface area (Å²) in [5.41, 5.74) is 1.12. The minimum Gasteiger partial charge on any atom is -0.381 e. The second-order valence-electron chi connectivity index (χ2n) is 5.39. The topological polar surface area (TPSA) is 37.4 Å². The van der Waals surface area contributed by atoms with Gasteiger partial charge in [0.15, 0.2) is 0 Å². The molecule has 1 aromatic heterocycles. The minimum absolute atomic E-state index is 0.577. The van der Waals surface area contributed by atoms with E-state index in [1.165, 1.54) is 6.42 Å². The van der Waals surface area contributed by atoms with Crippen LogP contribution in [0.4, 0.5) is 5.82 Å². The summed E-state index contributed by atoms with van der Waals surface area (Å²) in [7, 11) is 2.05. The smallest absolute Gasteiger partial charge is 0.147 e. The van der Waals surface area contributed by atoms with Crippen LogP contribution in [0.2, 0.25) is 5.02 Å². The molecule has 1 saturated heterocycles. The molecule has 0 amide bonds. The number of halogens is 1. The van der Waals surface area contributed by atoms with Crippen molar-refractivity contribution in [2.45, 2.75) is 26.3 Å². The molecule has 2 rings (SSSR count). The van der Waals surface area contributed by atoms with Crippen molar-refractivity contribution < 1.29 is 4.74 Å². The highest BCUT2D eigenvalue weighted by molar-refractivity contribution is 6.33. The molecule has 0 bridgehead atoms. The van der Waals surface area contributed by atoms with Gasteiger partial charge in [0.1, 0.15) is 5.82 Å². The number of rotatable bonds is 6. The SMILES string of the molecule is CCNCc1cnc(N(C)CC2CCCOC2)c(Cl)c1. The van der Waals surface area contributed by atoms with Crippen molar-refractivity contribution in [2.75, 3.05) is 38.3 Å². The molecule has 0 saturated carbocycles. The number of hydrogen-bond acceptors (Lipinski definition) is 4. The Balaban J connectivity index is 1.96. The summed E-state index contributed by atoms with van der Waals surface area (Å²) in [6, 6.07) is 2.00. The van der Waals surface area contributed by atoms with Crippen LogP contribution < -0.4 is 10.2 Å². The average Bonchev–Trinajstić information content (AvgIpc) is 2.46. The molecule has 1 aliphatic heterocycles. The van der Waals surface area contributed by atoms with Crippen molar-refractivity contribution in [1.29, 1.82) is 0 Å². The van der Waals surface area contributed by atoms with E-state index in [9.17, 15) is 0 Å². The molecule has 0 aliphatic carbocycles. The zero-order chi connectivity index (χ0) is 14.4. The van der Waals surface area contributed by atoms with E-state index in [1.807, 2.05) is 19.3 Å². The average molecular weight is 298 g/mol. The minimum atomic E-state index is 0.577. The van der Waals surface area contributed by atoms with E-state index < -0.39 is 0 Å². The summed E-state index contributed by atoms with van der Waals surface area (Å²) in [6.07, 6.45) is 4.28. The van der Waals surface area contributed by atoms with Crippen molar-refractivity contribution in [2.24, 2.45) is 5.92 Å². The highest BCUT2D eigenvalue weighted by Crippen LogP contribution is 2.25. The summed E-state index contributed by atoms with van der Waals surface area (Å²) in [5.74, 6) is 1.44. The molecule has 0 spiro atoms. The molecule has 112 valence electrons. The van der Waals surface area contributed by atoms with Crippen LogP contribution in [0.15, 0.2) is 12.3 Å².